The Hall–Kier alpha value is -1.84. The molecular weight excluding hydrogens is 541 g/mol. The summed E-state index contributed by atoms with van der Waals surface area (Å²) in [5.74, 6) is 13.3. The largest absolute Gasteiger partial charge is 0.469 e. The summed E-state index contributed by atoms with van der Waals surface area (Å²) in [5.41, 5.74) is 2.10. The van der Waals surface area contributed by atoms with Crippen molar-refractivity contribution in [2.45, 2.75) is 148 Å². The maximum absolute atomic E-state index is 11.7. The maximum atomic E-state index is 11.7. The number of ether oxygens (including phenoxy) is 1. The van der Waals surface area contributed by atoms with Gasteiger partial charge in [0, 0.05) is 24.8 Å². The molecule has 0 fully saturated rings. The van der Waals surface area contributed by atoms with E-state index in [0.717, 1.165) is 24.0 Å². The van der Waals surface area contributed by atoms with Gasteiger partial charge in [-0.2, -0.15) is 0 Å². The van der Waals surface area contributed by atoms with E-state index in [0.29, 0.717) is 25.7 Å². The normalized spacial score (nSPS) is 13.9. The molecule has 41 heavy (non-hydrogen) atoms. The van der Waals surface area contributed by atoms with Crippen LogP contribution in [0.5, 0.6) is 0 Å². The van der Waals surface area contributed by atoms with Crippen LogP contribution in [0.25, 0.3) is 0 Å². The van der Waals surface area contributed by atoms with Crippen LogP contribution in [0.4, 0.5) is 0 Å². The molecule has 0 saturated heterocycles. The fraction of sp³-hybridized carbons (Fsp3) is 0.686. The zero-order valence-corrected chi connectivity index (χ0v) is 30.3. The van der Waals surface area contributed by atoms with Gasteiger partial charge in [0.05, 0.1) is 13.2 Å². The molecule has 0 spiro atoms. The van der Waals surface area contributed by atoms with E-state index in [9.17, 15) is 4.79 Å². The van der Waals surface area contributed by atoms with Crippen LogP contribution in [0.15, 0.2) is 24.3 Å². The van der Waals surface area contributed by atoms with E-state index in [1.54, 1.807) is 0 Å². The molecule has 0 N–H and O–H groups in total. The molecule has 0 bridgehead atoms. The van der Waals surface area contributed by atoms with Crippen LogP contribution in [0.3, 0.4) is 0 Å². The summed E-state index contributed by atoms with van der Waals surface area (Å²) >= 11 is 0. The van der Waals surface area contributed by atoms with E-state index in [-0.39, 0.29) is 28.3 Å². The molecule has 4 nitrogen and oxygen atoms in total. The minimum absolute atomic E-state index is 0.0513. The van der Waals surface area contributed by atoms with Crippen LogP contribution in [-0.2, 0) is 18.4 Å². The lowest BCUT2D eigenvalue weighted by Gasteiger charge is -2.39. The van der Waals surface area contributed by atoms with Gasteiger partial charge in [-0.1, -0.05) is 85.3 Å². The molecule has 1 aromatic carbocycles. The lowest BCUT2D eigenvalue weighted by atomic mass is 10.0. The fourth-order valence-electron chi connectivity index (χ4n) is 3.65. The van der Waals surface area contributed by atoms with E-state index in [2.05, 4.69) is 123 Å². The van der Waals surface area contributed by atoms with Gasteiger partial charge in [-0.3, -0.25) is 4.79 Å². The predicted octanol–water partition coefficient (Wildman–Crippen LogP) is 9.81. The van der Waals surface area contributed by atoms with Crippen molar-refractivity contribution < 1.29 is 18.4 Å². The Balaban J connectivity index is 3.17. The van der Waals surface area contributed by atoms with Gasteiger partial charge in [-0.15, -0.1) is 11.8 Å². The van der Waals surface area contributed by atoms with Crippen LogP contribution < -0.4 is 0 Å². The minimum Gasteiger partial charge on any atom is -0.469 e. The van der Waals surface area contributed by atoms with Gasteiger partial charge in [0.1, 0.15) is 6.10 Å². The highest BCUT2D eigenvalue weighted by Gasteiger charge is 2.40. The smallest absolute Gasteiger partial charge is 0.305 e. The molecule has 1 rings (SSSR count). The predicted molar refractivity (Wildman–Crippen MR) is 179 cm³/mol. The number of hydrogen-bond donors (Lipinski definition) is 0. The zero-order valence-electron chi connectivity index (χ0n) is 28.3. The molecule has 0 aliphatic rings. The van der Waals surface area contributed by atoms with Crippen molar-refractivity contribution in [3.8, 4) is 23.7 Å². The first-order chi connectivity index (χ1) is 18.9. The number of methoxy groups -OCH3 is 1. The Morgan fingerprint density at radius 1 is 0.854 bits per heavy atom. The lowest BCUT2D eigenvalue weighted by molar-refractivity contribution is -0.140. The van der Waals surface area contributed by atoms with Crippen molar-refractivity contribution in [2.75, 3.05) is 7.11 Å². The number of benzene rings is 1. The topological polar surface area (TPSA) is 44.8 Å². The van der Waals surface area contributed by atoms with Gasteiger partial charge in [-0.05, 0) is 73.2 Å². The summed E-state index contributed by atoms with van der Waals surface area (Å²) in [7, 11) is -2.57. The van der Waals surface area contributed by atoms with Crippen LogP contribution in [-0.4, -0.2) is 35.8 Å². The van der Waals surface area contributed by atoms with E-state index in [4.69, 9.17) is 13.6 Å². The van der Waals surface area contributed by atoms with Crippen LogP contribution in [0, 0.1) is 23.7 Å². The molecule has 0 aliphatic carbocycles. The molecule has 2 atom stereocenters. The van der Waals surface area contributed by atoms with Gasteiger partial charge in [0.2, 0.25) is 0 Å². The van der Waals surface area contributed by atoms with Gasteiger partial charge in [0.15, 0.2) is 16.6 Å². The molecule has 230 valence electrons. The molecule has 0 aromatic heterocycles. The Morgan fingerprint density at radius 2 is 1.44 bits per heavy atom. The fourth-order valence-corrected chi connectivity index (χ4v) is 6.17. The Kier molecular flexibility index (Phi) is 15.2. The van der Waals surface area contributed by atoms with Crippen molar-refractivity contribution >= 4 is 22.6 Å². The average molecular weight is 599 g/mol. The second kappa shape index (κ2) is 16.7. The van der Waals surface area contributed by atoms with Gasteiger partial charge < -0.3 is 13.6 Å². The monoisotopic (exact) mass is 598 g/mol. The first kappa shape index (κ1) is 37.2. The zero-order chi connectivity index (χ0) is 31.3. The van der Waals surface area contributed by atoms with E-state index >= 15 is 0 Å². The van der Waals surface area contributed by atoms with Crippen molar-refractivity contribution in [3.63, 3.8) is 0 Å². The summed E-state index contributed by atoms with van der Waals surface area (Å²) < 4.78 is 18.3. The summed E-state index contributed by atoms with van der Waals surface area (Å²) in [4.78, 5) is 11.7. The van der Waals surface area contributed by atoms with Crippen molar-refractivity contribution in [2.24, 2.45) is 0 Å². The van der Waals surface area contributed by atoms with Crippen molar-refractivity contribution in [1.29, 1.82) is 0 Å². The summed E-state index contributed by atoms with van der Waals surface area (Å²) in [6.45, 7) is 24.8. The lowest BCUT2D eigenvalue weighted by Crippen LogP contribution is -2.43. The van der Waals surface area contributed by atoms with Crippen molar-refractivity contribution in [3.05, 3.63) is 35.4 Å². The highest BCUT2D eigenvalue weighted by Crippen LogP contribution is 2.40. The number of hydrogen-bond acceptors (Lipinski definition) is 4. The second-order valence-electron chi connectivity index (χ2n) is 14.1. The first-order valence-corrected chi connectivity index (χ1v) is 21.2. The van der Waals surface area contributed by atoms with Gasteiger partial charge in [-0.25, -0.2) is 0 Å². The number of unbranched alkanes of at least 4 members (excludes halogenated alkanes) is 3. The third-order valence-corrected chi connectivity index (χ3v) is 17.5. The molecule has 0 amide bonds. The molecule has 0 aliphatic heterocycles. The number of carbonyl (C=O) groups is 1. The second-order valence-corrected chi connectivity index (χ2v) is 23.6. The van der Waals surface area contributed by atoms with Gasteiger partial charge in [0.25, 0.3) is 0 Å². The maximum Gasteiger partial charge on any atom is 0.305 e. The first-order valence-electron chi connectivity index (χ1n) is 15.4. The van der Waals surface area contributed by atoms with Gasteiger partial charge >= 0.3 is 5.97 Å². The minimum atomic E-state index is -2.02. The van der Waals surface area contributed by atoms with Crippen LogP contribution in [0.1, 0.15) is 117 Å². The molecule has 1 unspecified atom stereocenters. The Bertz CT molecular complexity index is 1050. The summed E-state index contributed by atoms with van der Waals surface area (Å²) in [5, 5.41) is 0.202. The Morgan fingerprint density at radius 3 is 1.98 bits per heavy atom. The Labute approximate surface area is 255 Å². The highest BCUT2D eigenvalue weighted by atomic mass is 28.4. The van der Waals surface area contributed by atoms with Crippen LogP contribution >= 0.6 is 0 Å². The average Bonchev–Trinajstić information content (AvgIpc) is 2.87. The standard InChI is InChI=1S/C35H58O4Si2/c1-13-14-15-16-17-18-21-32(39-41(11,12)35(5,6)7)30-26-23-29(24-27-30)25-28-31(20-19-22-33(36)37-8)38-40(9,10)34(2,3)4/h23-24,26-27,31-32H,13-16,19-22H2,1-12H3/t31-,32?/m0/s1. The van der Waals surface area contributed by atoms with Crippen LogP contribution in [0.2, 0.25) is 36.3 Å². The highest BCUT2D eigenvalue weighted by molar-refractivity contribution is 6.74. The molecular formula is C35H58O4Si2. The number of carbonyl (C=O) groups excluding carboxylic acids is 1. The van der Waals surface area contributed by atoms with E-state index in [1.165, 1.54) is 20.0 Å². The third kappa shape index (κ3) is 13.3. The summed E-state index contributed by atoms with van der Waals surface area (Å²) in [6.07, 6.45) is 6.74. The van der Waals surface area contributed by atoms with E-state index < -0.39 is 16.6 Å². The quantitative estimate of drug-likeness (QED) is 0.0981. The number of rotatable bonds is 13. The molecule has 1 aromatic rings. The van der Waals surface area contributed by atoms with Crippen molar-refractivity contribution in [1.82, 2.24) is 0 Å². The molecule has 0 radical (unpaired) electrons. The molecule has 0 heterocycles. The van der Waals surface area contributed by atoms with E-state index in [1.807, 2.05) is 0 Å². The SMILES string of the molecule is CCCCCC#CCC(O[Si](C)(C)C(C)(C)C)c1ccc(C#C[C@H](CCCC(=O)OC)O[Si](C)(C)C(C)(C)C)cc1. The third-order valence-electron chi connectivity index (χ3n) is 8.54. The number of esters is 1. The summed E-state index contributed by atoms with van der Waals surface area (Å²) in [6, 6.07) is 8.44. The molecule has 6 heteroatoms. The molecule has 0 saturated carbocycles.